The van der Waals surface area contributed by atoms with Crippen LogP contribution in [-0.2, 0) is 11.3 Å². The molecule has 30 heavy (non-hydrogen) atoms. The molecule has 1 aliphatic heterocycles. The molecule has 4 rings (SSSR count). The minimum absolute atomic E-state index is 0.182. The van der Waals surface area contributed by atoms with Crippen LogP contribution in [0.25, 0.3) is 0 Å². The van der Waals surface area contributed by atoms with Crippen LogP contribution in [0.1, 0.15) is 25.6 Å². The second kappa shape index (κ2) is 9.67. The van der Waals surface area contributed by atoms with Gasteiger partial charge in [-0.3, -0.25) is 14.5 Å². The molecule has 0 atom stereocenters. The summed E-state index contributed by atoms with van der Waals surface area (Å²) in [4.78, 5) is 27.8. The van der Waals surface area contributed by atoms with Crippen molar-refractivity contribution in [3.05, 3.63) is 82.0 Å². The van der Waals surface area contributed by atoms with Crippen LogP contribution in [-0.4, -0.2) is 43.0 Å². The SMILES string of the molecule is O=C(Nc1ccc(CN2CCOCC2)cc1)c1cccc(NC(=O)c2cccs2)c1. The molecular formula is C23H23N3O3S. The maximum absolute atomic E-state index is 12.6. The molecular weight excluding hydrogens is 398 g/mol. The van der Waals surface area contributed by atoms with E-state index < -0.39 is 0 Å². The summed E-state index contributed by atoms with van der Waals surface area (Å²) >= 11 is 1.37. The van der Waals surface area contributed by atoms with Gasteiger partial charge in [0.15, 0.2) is 0 Å². The fraction of sp³-hybridized carbons (Fsp3) is 0.217. The van der Waals surface area contributed by atoms with E-state index in [9.17, 15) is 9.59 Å². The van der Waals surface area contributed by atoms with Crippen molar-refractivity contribution < 1.29 is 14.3 Å². The average molecular weight is 422 g/mol. The molecule has 2 N–H and O–H groups in total. The lowest BCUT2D eigenvalue weighted by atomic mass is 10.1. The van der Waals surface area contributed by atoms with Crippen molar-refractivity contribution in [1.29, 1.82) is 0 Å². The molecule has 2 aromatic carbocycles. The maximum Gasteiger partial charge on any atom is 0.265 e. The molecule has 1 saturated heterocycles. The fourth-order valence-corrected chi connectivity index (χ4v) is 3.87. The number of hydrogen-bond acceptors (Lipinski definition) is 5. The quantitative estimate of drug-likeness (QED) is 0.629. The van der Waals surface area contributed by atoms with Crippen LogP contribution in [0.5, 0.6) is 0 Å². The van der Waals surface area contributed by atoms with Crippen molar-refractivity contribution in [2.75, 3.05) is 36.9 Å². The van der Waals surface area contributed by atoms with Crippen molar-refractivity contribution >= 4 is 34.5 Å². The van der Waals surface area contributed by atoms with Crippen molar-refractivity contribution in [1.82, 2.24) is 4.90 Å². The Bertz CT molecular complexity index is 997. The first-order valence-electron chi connectivity index (χ1n) is 9.83. The van der Waals surface area contributed by atoms with Crippen LogP contribution in [0, 0.1) is 0 Å². The van der Waals surface area contributed by atoms with Gasteiger partial charge in [-0.1, -0.05) is 24.3 Å². The van der Waals surface area contributed by atoms with Gasteiger partial charge >= 0.3 is 0 Å². The number of thiophene rings is 1. The lowest BCUT2D eigenvalue weighted by Crippen LogP contribution is -2.35. The lowest BCUT2D eigenvalue weighted by Gasteiger charge is -2.26. The molecule has 154 valence electrons. The van der Waals surface area contributed by atoms with Crippen molar-refractivity contribution in [3.8, 4) is 0 Å². The highest BCUT2D eigenvalue weighted by atomic mass is 32.1. The van der Waals surface area contributed by atoms with Gasteiger partial charge in [0.1, 0.15) is 0 Å². The van der Waals surface area contributed by atoms with Crippen molar-refractivity contribution in [2.45, 2.75) is 6.54 Å². The van der Waals surface area contributed by atoms with Crippen LogP contribution in [0.4, 0.5) is 11.4 Å². The Morgan fingerprint density at radius 1 is 0.900 bits per heavy atom. The number of carbonyl (C=O) groups excluding carboxylic acids is 2. The predicted molar refractivity (Wildman–Crippen MR) is 119 cm³/mol. The number of ether oxygens (including phenoxy) is 1. The molecule has 0 bridgehead atoms. The maximum atomic E-state index is 12.6. The summed E-state index contributed by atoms with van der Waals surface area (Å²) in [5, 5.41) is 7.59. The molecule has 0 unspecified atom stereocenters. The summed E-state index contributed by atoms with van der Waals surface area (Å²) in [6, 6.07) is 18.4. The van der Waals surface area contributed by atoms with E-state index in [2.05, 4.69) is 15.5 Å². The molecule has 1 fully saturated rings. The number of hydrogen-bond donors (Lipinski definition) is 2. The van der Waals surface area contributed by atoms with Crippen LogP contribution >= 0.6 is 11.3 Å². The van der Waals surface area contributed by atoms with E-state index in [0.717, 1.165) is 38.5 Å². The first-order chi connectivity index (χ1) is 14.7. The number of anilines is 2. The van der Waals surface area contributed by atoms with Crippen LogP contribution in [0.15, 0.2) is 66.0 Å². The highest BCUT2D eigenvalue weighted by molar-refractivity contribution is 7.12. The number of nitrogens with zero attached hydrogens (tertiary/aromatic N) is 1. The summed E-state index contributed by atoms with van der Waals surface area (Å²) in [7, 11) is 0. The Morgan fingerprint density at radius 2 is 1.67 bits per heavy atom. The average Bonchev–Trinajstić information content (AvgIpc) is 3.31. The molecule has 0 saturated carbocycles. The third-order valence-electron chi connectivity index (χ3n) is 4.85. The Morgan fingerprint density at radius 3 is 2.40 bits per heavy atom. The van der Waals surface area contributed by atoms with Gasteiger partial charge in [0, 0.05) is 36.6 Å². The fourth-order valence-electron chi connectivity index (χ4n) is 3.25. The van der Waals surface area contributed by atoms with Gasteiger partial charge in [-0.2, -0.15) is 0 Å². The van der Waals surface area contributed by atoms with Crippen LogP contribution in [0.2, 0.25) is 0 Å². The first-order valence-corrected chi connectivity index (χ1v) is 10.7. The largest absolute Gasteiger partial charge is 0.379 e. The van der Waals surface area contributed by atoms with Crippen molar-refractivity contribution in [3.63, 3.8) is 0 Å². The van der Waals surface area contributed by atoms with E-state index in [1.807, 2.05) is 35.7 Å². The molecule has 2 heterocycles. The summed E-state index contributed by atoms with van der Waals surface area (Å²) in [6.07, 6.45) is 0. The second-order valence-corrected chi connectivity index (χ2v) is 8.00. The Balaban J connectivity index is 1.35. The molecule has 7 heteroatoms. The molecule has 1 aliphatic rings. The number of rotatable bonds is 6. The molecule has 2 amide bonds. The zero-order valence-corrected chi connectivity index (χ0v) is 17.3. The molecule has 1 aromatic heterocycles. The van der Waals surface area contributed by atoms with E-state index in [-0.39, 0.29) is 11.8 Å². The van der Waals surface area contributed by atoms with E-state index in [1.165, 1.54) is 16.9 Å². The van der Waals surface area contributed by atoms with E-state index in [0.29, 0.717) is 16.1 Å². The highest BCUT2D eigenvalue weighted by Gasteiger charge is 2.12. The van der Waals surface area contributed by atoms with Gasteiger partial charge in [-0.05, 0) is 47.3 Å². The zero-order chi connectivity index (χ0) is 20.8. The Kier molecular flexibility index (Phi) is 6.53. The smallest absolute Gasteiger partial charge is 0.265 e. The van der Waals surface area contributed by atoms with Gasteiger partial charge in [-0.25, -0.2) is 0 Å². The van der Waals surface area contributed by atoms with E-state index >= 15 is 0 Å². The highest BCUT2D eigenvalue weighted by Crippen LogP contribution is 2.17. The molecule has 3 aromatic rings. The topological polar surface area (TPSA) is 70.7 Å². The first kappa shape index (κ1) is 20.3. The third kappa shape index (κ3) is 5.33. The number of morpholine rings is 1. The van der Waals surface area contributed by atoms with Crippen molar-refractivity contribution in [2.24, 2.45) is 0 Å². The van der Waals surface area contributed by atoms with E-state index in [4.69, 9.17) is 4.74 Å². The Labute approximate surface area is 179 Å². The monoisotopic (exact) mass is 421 g/mol. The standard InChI is InChI=1S/C23H23N3O3S/c27-22(18-3-1-4-20(15-18)25-23(28)21-5-2-14-30-21)24-19-8-6-17(7-9-19)16-26-10-12-29-13-11-26/h1-9,14-15H,10-13,16H2,(H,24,27)(H,25,28). The zero-order valence-electron chi connectivity index (χ0n) is 16.5. The van der Waals surface area contributed by atoms with Gasteiger partial charge < -0.3 is 15.4 Å². The number of benzene rings is 2. The molecule has 0 spiro atoms. The molecule has 0 radical (unpaired) electrons. The summed E-state index contributed by atoms with van der Waals surface area (Å²) in [5.74, 6) is -0.401. The summed E-state index contributed by atoms with van der Waals surface area (Å²) < 4.78 is 5.38. The van der Waals surface area contributed by atoms with Crippen LogP contribution < -0.4 is 10.6 Å². The lowest BCUT2D eigenvalue weighted by molar-refractivity contribution is 0.0342. The normalized spacial score (nSPS) is 14.3. The second-order valence-electron chi connectivity index (χ2n) is 7.05. The minimum atomic E-state index is -0.219. The predicted octanol–water partition coefficient (Wildman–Crippen LogP) is 4.08. The summed E-state index contributed by atoms with van der Waals surface area (Å²) in [6.45, 7) is 4.32. The van der Waals surface area contributed by atoms with Gasteiger partial charge in [-0.15, -0.1) is 11.3 Å². The van der Waals surface area contributed by atoms with Gasteiger partial charge in [0.05, 0.1) is 18.1 Å². The minimum Gasteiger partial charge on any atom is -0.379 e. The number of amides is 2. The summed E-state index contributed by atoms with van der Waals surface area (Å²) in [5.41, 5.74) is 3.00. The third-order valence-corrected chi connectivity index (χ3v) is 5.72. The van der Waals surface area contributed by atoms with Gasteiger partial charge in [0.2, 0.25) is 0 Å². The van der Waals surface area contributed by atoms with Crippen LogP contribution in [0.3, 0.4) is 0 Å². The molecule has 0 aliphatic carbocycles. The van der Waals surface area contributed by atoms with Gasteiger partial charge in [0.25, 0.3) is 11.8 Å². The number of nitrogens with one attached hydrogen (secondary N) is 2. The molecule has 6 nitrogen and oxygen atoms in total. The Hall–Kier alpha value is -3.00. The van der Waals surface area contributed by atoms with E-state index in [1.54, 1.807) is 30.3 Å². The number of carbonyl (C=O) groups is 2.